The molecule has 1 fully saturated rings. The van der Waals surface area contributed by atoms with Gasteiger partial charge in [0.1, 0.15) is 11.6 Å². The van der Waals surface area contributed by atoms with E-state index < -0.39 is 49.7 Å². The Bertz CT molecular complexity index is 1350. The molecule has 1 unspecified atom stereocenters. The summed E-state index contributed by atoms with van der Waals surface area (Å²) in [5.74, 6) is -0.522. The van der Waals surface area contributed by atoms with Crippen molar-refractivity contribution in [2.75, 3.05) is 40.8 Å². The summed E-state index contributed by atoms with van der Waals surface area (Å²) in [5.41, 5.74) is 0.774. The number of rotatable bonds is 8. The lowest BCUT2D eigenvalue weighted by atomic mass is 9.94. The fourth-order valence-corrected chi connectivity index (χ4v) is 4.05. The average molecular weight is 492 g/mol. The SMILES string of the molecule is [2H].[2H]C1([2H])N(Cc2ccc(OC)c(OC)c2OC)C([2H])([2H])C([2H])(C)N(C(c2ccc(F)cc2)c2ccc(F)cc2)C1([2H])[2H]. The smallest absolute Gasteiger partial charge is 0.203 e. The van der Waals surface area contributed by atoms with Gasteiger partial charge in [-0.05, 0) is 48.4 Å². The van der Waals surface area contributed by atoms with Crippen LogP contribution >= 0.6 is 0 Å². The predicted octanol–water partition coefficient (Wildman–Crippen LogP) is 5.40. The van der Waals surface area contributed by atoms with Gasteiger partial charge in [-0.2, -0.15) is 0 Å². The lowest BCUT2D eigenvalue weighted by molar-refractivity contribution is 0.0563. The second-order valence-corrected chi connectivity index (χ2v) is 7.88. The number of benzene rings is 3. The van der Waals surface area contributed by atoms with Crippen LogP contribution in [0.3, 0.4) is 0 Å². The van der Waals surface area contributed by atoms with Gasteiger partial charge in [-0.25, -0.2) is 8.78 Å². The lowest BCUT2D eigenvalue weighted by Gasteiger charge is -2.44. The highest BCUT2D eigenvalue weighted by Gasteiger charge is 2.32. The minimum Gasteiger partial charge on any atom is -0.493 e. The molecular weight excluding hydrogens is 450 g/mol. The molecule has 0 spiro atoms. The molecule has 5 nitrogen and oxygen atoms in total. The molecule has 3 aromatic carbocycles. The molecular formula is C28H33F2N2O3. The van der Waals surface area contributed by atoms with Crippen LogP contribution in [0, 0.1) is 11.6 Å². The minimum absolute atomic E-state index is 0. The van der Waals surface area contributed by atoms with E-state index in [4.69, 9.17) is 22.4 Å². The van der Waals surface area contributed by atoms with E-state index in [1.165, 1.54) is 57.7 Å². The monoisotopic (exact) mass is 491 g/mol. The molecule has 1 aliphatic rings. The first-order chi connectivity index (χ1) is 19.6. The third-order valence-corrected chi connectivity index (χ3v) is 5.71. The fourth-order valence-electron chi connectivity index (χ4n) is 4.05. The van der Waals surface area contributed by atoms with E-state index >= 15 is 0 Å². The third kappa shape index (κ3) is 5.41. The van der Waals surface area contributed by atoms with Gasteiger partial charge in [0.05, 0.1) is 27.4 Å². The van der Waals surface area contributed by atoms with Crippen LogP contribution in [0.25, 0.3) is 0 Å². The summed E-state index contributed by atoms with van der Waals surface area (Å²) in [4.78, 5) is 1.45. The normalized spacial score (nSPS) is 26.3. The Balaban J connectivity index is 0.00000506. The highest BCUT2D eigenvalue weighted by molar-refractivity contribution is 5.55. The molecule has 0 N–H and O–H groups in total. The largest absolute Gasteiger partial charge is 0.493 e. The van der Waals surface area contributed by atoms with Crippen LogP contribution in [0.5, 0.6) is 17.2 Å². The summed E-state index contributed by atoms with van der Waals surface area (Å²) in [7, 11) is 4.16. The molecule has 3 aromatic rings. The van der Waals surface area contributed by atoms with Crippen molar-refractivity contribution in [1.82, 2.24) is 9.80 Å². The summed E-state index contributed by atoms with van der Waals surface area (Å²) in [5, 5.41) is 0. The standard InChI is InChI=1S/C28H32F2N2O3.H/c1-19-17-31(18-22-9-14-25(33-2)28(35-4)27(22)34-3)15-16-32(19)26(20-5-10-23(29)11-6-20)21-7-12-24(30)13-8-21;/h5-14,19,26H,15-18H2,1-4H3;/i15D2,16D2,17D2,19D;1+1. The number of methoxy groups -OCH3 is 3. The van der Waals surface area contributed by atoms with Crippen molar-refractivity contribution in [2.45, 2.75) is 25.5 Å². The lowest BCUT2D eigenvalue weighted by Crippen LogP contribution is -2.52. The summed E-state index contributed by atoms with van der Waals surface area (Å²) < 4.78 is 108. The average Bonchev–Trinajstić information content (AvgIpc) is 2.93. The zero-order valence-corrected chi connectivity index (χ0v) is 19.9. The topological polar surface area (TPSA) is 34.2 Å². The molecule has 0 aliphatic carbocycles. The number of ether oxygens (including phenoxy) is 3. The first kappa shape index (κ1) is 17.3. The van der Waals surface area contributed by atoms with Gasteiger partial charge >= 0.3 is 0 Å². The molecule has 187 valence electrons. The van der Waals surface area contributed by atoms with Crippen molar-refractivity contribution < 1.29 is 34.0 Å². The first-order valence-corrected chi connectivity index (χ1v) is 10.9. The Labute approximate surface area is 217 Å². The first-order valence-electron chi connectivity index (χ1n) is 14.4. The van der Waals surface area contributed by atoms with Gasteiger partial charge in [-0.3, -0.25) is 9.80 Å². The second-order valence-electron chi connectivity index (χ2n) is 7.88. The molecule has 7 heteroatoms. The van der Waals surface area contributed by atoms with E-state index in [1.54, 1.807) is 0 Å². The number of hydrogen-bond donors (Lipinski definition) is 0. The van der Waals surface area contributed by atoms with Crippen molar-refractivity contribution >= 4 is 0 Å². The number of nitrogens with zero attached hydrogens (tertiary/aromatic N) is 2. The molecule has 1 heterocycles. The van der Waals surface area contributed by atoms with E-state index in [9.17, 15) is 10.2 Å². The van der Waals surface area contributed by atoms with Gasteiger partial charge < -0.3 is 14.2 Å². The highest BCUT2D eigenvalue weighted by atomic mass is 19.1. The fraction of sp³-hybridized carbons (Fsp3) is 0.357. The number of hydrogen-bond acceptors (Lipinski definition) is 5. The van der Waals surface area contributed by atoms with Crippen LogP contribution in [0.15, 0.2) is 60.7 Å². The van der Waals surface area contributed by atoms with E-state index in [0.29, 0.717) is 10.6 Å². The van der Waals surface area contributed by atoms with Crippen molar-refractivity contribution in [3.63, 3.8) is 0 Å². The molecule has 4 rings (SSSR count). The van der Waals surface area contributed by atoms with Crippen molar-refractivity contribution in [2.24, 2.45) is 0 Å². The molecule has 0 bridgehead atoms. The molecule has 0 amide bonds. The van der Waals surface area contributed by atoms with Gasteiger partial charge in [0, 0.05) is 48.6 Å². The van der Waals surface area contributed by atoms with Crippen molar-refractivity contribution in [3.05, 3.63) is 89.0 Å². The van der Waals surface area contributed by atoms with E-state index in [-0.39, 0.29) is 29.6 Å². The molecule has 1 aliphatic heterocycles. The Morgan fingerprint density at radius 1 is 0.886 bits per heavy atom. The zero-order valence-electron chi connectivity index (χ0n) is 27.9. The summed E-state index contributed by atoms with van der Waals surface area (Å²) in [6, 6.07) is 9.20. The predicted molar refractivity (Wildman–Crippen MR) is 133 cm³/mol. The van der Waals surface area contributed by atoms with Gasteiger partial charge in [0.15, 0.2) is 11.5 Å². The van der Waals surface area contributed by atoms with Crippen LogP contribution in [0.1, 0.15) is 40.7 Å². The Kier molecular flexibility index (Phi) is 5.46. The van der Waals surface area contributed by atoms with Crippen LogP contribution in [-0.2, 0) is 6.54 Å². The van der Waals surface area contributed by atoms with Crippen LogP contribution in [0.4, 0.5) is 8.78 Å². The van der Waals surface area contributed by atoms with Crippen molar-refractivity contribution in [1.29, 1.82) is 0 Å². The maximum Gasteiger partial charge on any atom is 0.203 e. The Hall–Kier alpha value is -3.16. The van der Waals surface area contributed by atoms with Gasteiger partial charge in [0.25, 0.3) is 0 Å². The molecule has 1 radical (unpaired) electrons. The second kappa shape index (κ2) is 11.1. The maximum absolute atomic E-state index is 13.9. The van der Waals surface area contributed by atoms with Gasteiger partial charge in [-0.1, -0.05) is 30.3 Å². The van der Waals surface area contributed by atoms with Crippen LogP contribution in [0.2, 0.25) is 0 Å². The molecule has 35 heavy (non-hydrogen) atoms. The highest BCUT2D eigenvalue weighted by Crippen LogP contribution is 2.40. The molecule has 1 saturated heterocycles. The van der Waals surface area contributed by atoms with E-state index in [1.807, 2.05) is 0 Å². The van der Waals surface area contributed by atoms with Crippen LogP contribution < -0.4 is 14.2 Å². The van der Waals surface area contributed by atoms with Gasteiger partial charge in [-0.15, -0.1) is 0 Å². The third-order valence-electron chi connectivity index (χ3n) is 5.71. The van der Waals surface area contributed by atoms with Crippen LogP contribution in [-0.4, -0.2) is 56.6 Å². The number of piperazine rings is 1. The summed E-state index contributed by atoms with van der Waals surface area (Å²) >= 11 is 0. The summed E-state index contributed by atoms with van der Waals surface area (Å²) in [6.45, 7) is -8.31. The maximum atomic E-state index is 13.9. The van der Waals surface area contributed by atoms with Gasteiger partial charge in [0.2, 0.25) is 5.75 Å². The van der Waals surface area contributed by atoms with E-state index in [2.05, 4.69) is 0 Å². The Morgan fingerprint density at radius 3 is 1.97 bits per heavy atom. The summed E-state index contributed by atoms with van der Waals surface area (Å²) in [6.07, 6.45) is 0. The Morgan fingerprint density at radius 2 is 1.46 bits per heavy atom. The quantitative estimate of drug-likeness (QED) is 0.422. The minimum atomic E-state index is -3.06. The number of halogens is 2. The molecule has 0 saturated carbocycles. The molecule has 0 aromatic heterocycles. The molecule has 1 atom stereocenters. The van der Waals surface area contributed by atoms with Crippen molar-refractivity contribution in [3.8, 4) is 17.2 Å². The van der Waals surface area contributed by atoms with E-state index in [0.717, 1.165) is 36.1 Å². The zero-order chi connectivity index (χ0) is 31.3.